The number of nitrogens with zero attached hydrogens (tertiary/aromatic N) is 2. The number of carbonyl (C=O) groups is 1. The van der Waals surface area contributed by atoms with Gasteiger partial charge in [-0.15, -0.1) is 0 Å². The SMILES string of the molecule is CN1CCN(c2ccc(NCCC(=O)NC(C)(C)C)cc2)CC1. The van der Waals surface area contributed by atoms with Crippen LogP contribution in [0.5, 0.6) is 0 Å². The lowest BCUT2D eigenvalue weighted by atomic mass is 10.1. The normalized spacial score (nSPS) is 16.3. The van der Waals surface area contributed by atoms with Crippen molar-refractivity contribution in [3.05, 3.63) is 24.3 Å². The summed E-state index contributed by atoms with van der Waals surface area (Å²) in [6, 6.07) is 8.50. The molecule has 1 heterocycles. The largest absolute Gasteiger partial charge is 0.385 e. The molecular weight excluding hydrogens is 288 g/mol. The van der Waals surface area contributed by atoms with Crippen molar-refractivity contribution in [2.24, 2.45) is 0 Å². The Kier molecular flexibility index (Phi) is 5.88. The Bertz CT molecular complexity index is 499. The van der Waals surface area contributed by atoms with E-state index in [0.29, 0.717) is 13.0 Å². The lowest BCUT2D eigenvalue weighted by Gasteiger charge is -2.34. The first kappa shape index (κ1) is 17.6. The first-order valence-electron chi connectivity index (χ1n) is 8.42. The number of nitrogens with one attached hydrogen (secondary N) is 2. The zero-order chi connectivity index (χ0) is 16.9. The number of likely N-dealkylation sites (N-methyl/N-ethyl adjacent to an activating group) is 1. The standard InChI is InChI=1S/C18H30N4O/c1-18(2,3)20-17(23)9-10-19-15-5-7-16(8-6-15)22-13-11-21(4)12-14-22/h5-8,19H,9-14H2,1-4H3,(H,20,23). The van der Waals surface area contributed by atoms with Gasteiger partial charge in [0.2, 0.25) is 5.91 Å². The molecule has 0 atom stereocenters. The van der Waals surface area contributed by atoms with Crippen molar-refractivity contribution in [2.75, 3.05) is 50.0 Å². The van der Waals surface area contributed by atoms with Gasteiger partial charge in [0.15, 0.2) is 0 Å². The smallest absolute Gasteiger partial charge is 0.222 e. The summed E-state index contributed by atoms with van der Waals surface area (Å²) in [7, 11) is 2.17. The van der Waals surface area contributed by atoms with Crippen LogP contribution in [-0.4, -0.2) is 56.1 Å². The molecule has 1 aliphatic heterocycles. The van der Waals surface area contributed by atoms with Crippen molar-refractivity contribution in [1.29, 1.82) is 0 Å². The fourth-order valence-electron chi connectivity index (χ4n) is 2.66. The molecule has 5 heteroatoms. The average Bonchev–Trinajstić information content (AvgIpc) is 2.47. The molecule has 1 saturated heterocycles. The van der Waals surface area contributed by atoms with Gasteiger partial charge in [-0.25, -0.2) is 0 Å². The highest BCUT2D eigenvalue weighted by Gasteiger charge is 2.14. The second-order valence-corrected chi connectivity index (χ2v) is 7.31. The fourth-order valence-corrected chi connectivity index (χ4v) is 2.66. The maximum absolute atomic E-state index is 11.8. The molecule has 23 heavy (non-hydrogen) atoms. The van der Waals surface area contributed by atoms with Crippen LogP contribution in [0.4, 0.5) is 11.4 Å². The molecule has 2 N–H and O–H groups in total. The molecular formula is C18H30N4O. The van der Waals surface area contributed by atoms with Gasteiger partial charge in [0.05, 0.1) is 0 Å². The van der Waals surface area contributed by atoms with Gasteiger partial charge < -0.3 is 20.4 Å². The minimum absolute atomic E-state index is 0.0825. The van der Waals surface area contributed by atoms with Crippen LogP contribution in [-0.2, 0) is 4.79 Å². The van der Waals surface area contributed by atoms with E-state index in [4.69, 9.17) is 0 Å². The molecule has 128 valence electrons. The number of benzene rings is 1. The summed E-state index contributed by atoms with van der Waals surface area (Å²) in [5.41, 5.74) is 2.17. The molecule has 1 aromatic rings. The summed E-state index contributed by atoms with van der Waals surface area (Å²) in [5.74, 6) is 0.0825. The van der Waals surface area contributed by atoms with Crippen molar-refractivity contribution in [2.45, 2.75) is 32.7 Å². The van der Waals surface area contributed by atoms with E-state index in [-0.39, 0.29) is 11.4 Å². The number of hydrogen-bond donors (Lipinski definition) is 2. The first-order valence-corrected chi connectivity index (χ1v) is 8.42. The van der Waals surface area contributed by atoms with E-state index in [1.165, 1.54) is 5.69 Å². The van der Waals surface area contributed by atoms with Gasteiger partial charge in [-0.3, -0.25) is 4.79 Å². The van der Waals surface area contributed by atoms with E-state index >= 15 is 0 Å². The molecule has 2 rings (SSSR count). The van der Waals surface area contributed by atoms with Crippen LogP contribution >= 0.6 is 0 Å². The Morgan fingerprint density at radius 3 is 2.26 bits per heavy atom. The van der Waals surface area contributed by atoms with E-state index in [9.17, 15) is 4.79 Å². The molecule has 1 aliphatic rings. The van der Waals surface area contributed by atoms with Crippen LogP contribution in [0.3, 0.4) is 0 Å². The predicted octanol–water partition coefficient (Wildman–Crippen LogP) is 2.16. The van der Waals surface area contributed by atoms with E-state index < -0.39 is 0 Å². The van der Waals surface area contributed by atoms with Gasteiger partial charge in [-0.2, -0.15) is 0 Å². The van der Waals surface area contributed by atoms with Crippen LogP contribution in [0.15, 0.2) is 24.3 Å². The molecule has 0 radical (unpaired) electrons. The Morgan fingerprint density at radius 2 is 1.70 bits per heavy atom. The van der Waals surface area contributed by atoms with Crippen LogP contribution in [0.2, 0.25) is 0 Å². The molecule has 0 bridgehead atoms. The first-order chi connectivity index (χ1) is 10.8. The highest BCUT2D eigenvalue weighted by molar-refractivity contribution is 5.77. The summed E-state index contributed by atoms with van der Waals surface area (Å²) >= 11 is 0. The van der Waals surface area contributed by atoms with Crippen LogP contribution in [0.25, 0.3) is 0 Å². The third-order valence-corrected chi connectivity index (χ3v) is 3.93. The number of carbonyl (C=O) groups excluding carboxylic acids is 1. The van der Waals surface area contributed by atoms with Gasteiger partial charge in [-0.1, -0.05) is 0 Å². The summed E-state index contributed by atoms with van der Waals surface area (Å²) in [5, 5.41) is 6.28. The summed E-state index contributed by atoms with van der Waals surface area (Å²) in [4.78, 5) is 16.5. The van der Waals surface area contributed by atoms with Gasteiger partial charge in [0.1, 0.15) is 0 Å². The number of hydrogen-bond acceptors (Lipinski definition) is 4. The third-order valence-electron chi connectivity index (χ3n) is 3.93. The predicted molar refractivity (Wildman–Crippen MR) is 97.2 cm³/mol. The van der Waals surface area contributed by atoms with E-state index in [1.807, 2.05) is 20.8 Å². The summed E-state index contributed by atoms with van der Waals surface area (Å²) in [6.07, 6.45) is 0.484. The molecule has 0 saturated carbocycles. The fraction of sp³-hybridized carbons (Fsp3) is 0.611. The lowest BCUT2D eigenvalue weighted by Crippen LogP contribution is -2.44. The summed E-state index contributed by atoms with van der Waals surface area (Å²) < 4.78 is 0. The van der Waals surface area contributed by atoms with Crippen molar-refractivity contribution < 1.29 is 4.79 Å². The molecule has 1 aromatic carbocycles. The lowest BCUT2D eigenvalue weighted by molar-refractivity contribution is -0.122. The number of piperazine rings is 1. The van der Waals surface area contributed by atoms with Crippen molar-refractivity contribution in [1.82, 2.24) is 10.2 Å². The Labute approximate surface area is 140 Å². The summed E-state index contributed by atoms with van der Waals surface area (Å²) in [6.45, 7) is 11.0. The van der Waals surface area contributed by atoms with Gasteiger partial charge in [-0.05, 0) is 52.1 Å². The number of amides is 1. The Balaban J connectivity index is 1.76. The maximum atomic E-state index is 11.8. The quantitative estimate of drug-likeness (QED) is 0.873. The zero-order valence-electron chi connectivity index (χ0n) is 14.9. The number of anilines is 2. The topological polar surface area (TPSA) is 47.6 Å². The second kappa shape index (κ2) is 7.68. The van der Waals surface area contributed by atoms with E-state index in [1.54, 1.807) is 0 Å². The molecule has 5 nitrogen and oxygen atoms in total. The highest BCUT2D eigenvalue weighted by atomic mass is 16.1. The van der Waals surface area contributed by atoms with Crippen LogP contribution in [0, 0.1) is 0 Å². The minimum Gasteiger partial charge on any atom is -0.385 e. The Hall–Kier alpha value is -1.75. The van der Waals surface area contributed by atoms with Gasteiger partial charge in [0.25, 0.3) is 0 Å². The van der Waals surface area contributed by atoms with Crippen molar-refractivity contribution in [3.63, 3.8) is 0 Å². The van der Waals surface area contributed by atoms with E-state index in [0.717, 1.165) is 31.9 Å². The second-order valence-electron chi connectivity index (χ2n) is 7.31. The molecule has 1 amide bonds. The van der Waals surface area contributed by atoms with Crippen molar-refractivity contribution in [3.8, 4) is 0 Å². The maximum Gasteiger partial charge on any atom is 0.222 e. The minimum atomic E-state index is -0.165. The van der Waals surface area contributed by atoms with Crippen LogP contribution in [0.1, 0.15) is 27.2 Å². The third kappa shape index (κ3) is 6.10. The molecule has 0 aromatic heterocycles. The average molecular weight is 318 g/mol. The molecule has 1 fully saturated rings. The molecule has 0 spiro atoms. The van der Waals surface area contributed by atoms with Gasteiger partial charge in [0, 0.05) is 56.1 Å². The molecule has 0 unspecified atom stereocenters. The molecule has 0 aliphatic carbocycles. The van der Waals surface area contributed by atoms with Crippen LogP contribution < -0.4 is 15.5 Å². The van der Waals surface area contributed by atoms with E-state index in [2.05, 4.69) is 51.7 Å². The number of rotatable bonds is 5. The highest BCUT2D eigenvalue weighted by Crippen LogP contribution is 2.19. The van der Waals surface area contributed by atoms with Crippen molar-refractivity contribution >= 4 is 17.3 Å². The monoisotopic (exact) mass is 318 g/mol. The zero-order valence-corrected chi connectivity index (χ0v) is 14.9. The van der Waals surface area contributed by atoms with Gasteiger partial charge >= 0.3 is 0 Å². The Morgan fingerprint density at radius 1 is 1.09 bits per heavy atom.